The molecule has 0 heterocycles. The lowest BCUT2D eigenvalue weighted by molar-refractivity contribution is -0.116. The molecule has 0 saturated carbocycles. The molecule has 0 fully saturated rings. The van der Waals surface area contributed by atoms with Crippen molar-refractivity contribution in [3.8, 4) is 11.1 Å². The first-order chi connectivity index (χ1) is 14.1. The van der Waals surface area contributed by atoms with Crippen LogP contribution in [0.5, 0.6) is 0 Å². The van der Waals surface area contributed by atoms with E-state index in [1.807, 2.05) is 42.5 Å². The molecule has 0 bridgehead atoms. The Morgan fingerprint density at radius 2 is 1.62 bits per heavy atom. The largest absolute Gasteiger partial charge is 0.388 e. The third-order valence-corrected chi connectivity index (χ3v) is 4.69. The topological polar surface area (TPSA) is 58.2 Å². The van der Waals surface area contributed by atoms with E-state index in [2.05, 4.69) is 35.6 Å². The van der Waals surface area contributed by atoms with E-state index in [1.165, 1.54) is 12.5 Å². The number of rotatable bonds is 11. The first-order valence-electron chi connectivity index (χ1n) is 9.86. The fourth-order valence-electron chi connectivity index (χ4n) is 2.68. The van der Waals surface area contributed by atoms with Gasteiger partial charge in [0.1, 0.15) is 6.29 Å². The highest BCUT2D eigenvalue weighted by Gasteiger charge is 2.03. The average Bonchev–Trinajstić information content (AvgIpc) is 2.72. The number of amides is 1. The van der Waals surface area contributed by atoms with Crippen molar-refractivity contribution in [3.05, 3.63) is 66.9 Å². The number of hydrogen-bond donors (Lipinski definition) is 2. The first kappa shape index (κ1) is 24.5. The molecule has 2 rings (SSSR count). The standard InChI is InChI=1S/C22H28N2OS.C2H4O/c1-18(17-26-2)23-16-8-4-7-11-22(25)24-21-14-12-20(13-15-21)19-9-5-3-6-10-19;1-2-3/h3,5-6,9-10,12-15,23H,1,4,7-8,11,16-17H2,2H3,(H,24,25);2H,1H3. The van der Waals surface area contributed by atoms with Crippen LogP contribution in [0.3, 0.4) is 0 Å². The number of carbonyl (C=O) groups excluding carboxylic acids is 2. The number of aldehydes is 1. The molecule has 4 nitrogen and oxygen atoms in total. The van der Waals surface area contributed by atoms with Crippen molar-refractivity contribution in [1.29, 1.82) is 0 Å². The molecule has 0 spiro atoms. The highest BCUT2D eigenvalue weighted by atomic mass is 32.2. The van der Waals surface area contributed by atoms with E-state index < -0.39 is 0 Å². The van der Waals surface area contributed by atoms with E-state index in [9.17, 15) is 4.79 Å². The summed E-state index contributed by atoms with van der Waals surface area (Å²) in [7, 11) is 0. The molecule has 2 aromatic carbocycles. The molecule has 0 aliphatic rings. The van der Waals surface area contributed by atoms with Crippen molar-refractivity contribution in [1.82, 2.24) is 5.32 Å². The van der Waals surface area contributed by atoms with Crippen LogP contribution in [0.1, 0.15) is 32.6 Å². The van der Waals surface area contributed by atoms with Gasteiger partial charge in [0.25, 0.3) is 0 Å². The zero-order chi connectivity index (χ0) is 21.3. The second-order valence-corrected chi connectivity index (χ2v) is 7.37. The smallest absolute Gasteiger partial charge is 0.224 e. The van der Waals surface area contributed by atoms with Gasteiger partial charge in [-0.25, -0.2) is 0 Å². The van der Waals surface area contributed by atoms with Gasteiger partial charge in [0.2, 0.25) is 5.91 Å². The molecule has 0 aromatic heterocycles. The fraction of sp³-hybridized carbons (Fsp3) is 0.333. The molecule has 1 amide bonds. The van der Waals surface area contributed by atoms with E-state index >= 15 is 0 Å². The van der Waals surface area contributed by atoms with Crippen molar-refractivity contribution in [2.75, 3.05) is 23.9 Å². The molecule has 156 valence electrons. The maximum atomic E-state index is 12.0. The Morgan fingerprint density at radius 3 is 2.24 bits per heavy atom. The molecular formula is C24H32N2O2S. The number of thioether (sulfide) groups is 1. The van der Waals surface area contributed by atoms with E-state index in [4.69, 9.17) is 4.79 Å². The Labute approximate surface area is 179 Å². The minimum atomic E-state index is 0.0808. The van der Waals surface area contributed by atoms with Crippen LogP contribution in [0, 0.1) is 0 Å². The Kier molecular flexibility index (Phi) is 13.0. The van der Waals surface area contributed by atoms with E-state index in [1.54, 1.807) is 11.8 Å². The van der Waals surface area contributed by atoms with Crippen molar-refractivity contribution < 1.29 is 9.59 Å². The molecule has 0 unspecified atom stereocenters. The molecule has 2 N–H and O–H groups in total. The van der Waals surface area contributed by atoms with Crippen LogP contribution in [0.2, 0.25) is 0 Å². The van der Waals surface area contributed by atoms with Crippen molar-refractivity contribution >= 4 is 29.6 Å². The summed E-state index contributed by atoms with van der Waals surface area (Å²) in [5.74, 6) is 1.03. The van der Waals surface area contributed by atoms with Crippen molar-refractivity contribution in [3.63, 3.8) is 0 Å². The number of benzene rings is 2. The molecule has 5 heteroatoms. The predicted molar refractivity (Wildman–Crippen MR) is 126 cm³/mol. The monoisotopic (exact) mass is 412 g/mol. The molecule has 0 aliphatic carbocycles. The molecular weight excluding hydrogens is 380 g/mol. The highest BCUT2D eigenvalue weighted by molar-refractivity contribution is 7.98. The molecule has 29 heavy (non-hydrogen) atoms. The second kappa shape index (κ2) is 15.4. The number of nitrogens with one attached hydrogen (secondary N) is 2. The Balaban J connectivity index is 0.00000132. The summed E-state index contributed by atoms with van der Waals surface area (Å²) < 4.78 is 0. The minimum absolute atomic E-state index is 0.0808. The quantitative estimate of drug-likeness (QED) is 0.377. The van der Waals surface area contributed by atoms with Gasteiger partial charge in [-0.1, -0.05) is 55.5 Å². The number of hydrogen-bond acceptors (Lipinski definition) is 4. The normalized spacial score (nSPS) is 9.72. The molecule has 2 aromatic rings. The van der Waals surface area contributed by atoms with Crippen molar-refractivity contribution in [2.24, 2.45) is 0 Å². The van der Waals surface area contributed by atoms with E-state index in [-0.39, 0.29) is 5.91 Å². The molecule has 0 atom stereocenters. The lowest BCUT2D eigenvalue weighted by Crippen LogP contribution is -2.15. The number of anilines is 1. The van der Waals surface area contributed by atoms with Gasteiger partial charge in [-0.3, -0.25) is 4.79 Å². The zero-order valence-corrected chi connectivity index (χ0v) is 18.3. The summed E-state index contributed by atoms with van der Waals surface area (Å²) in [5.41, 5.74) is 4.26. The van der Waals surface area contributed by atoms with Crippen molar-refractivity contribution in [2.45, 2.75) is 32.6 Å². The van der Waals surface area contributed by atoms with Crippen LogP contribution < -0.4 is 10.6 Å². The maximum Gasteiger partial charge on any atom is 0.224 e. The molecule has 0 aliphatic heterocycles. The summed E-state index contributed by atoms with van der Waals surface area (Å²) in [6.07, 6.45) is 6.39. The van der Waals surface area contributed by atoms with Crippen LogP contribution in [0.25, 0.3) is 11.1 Å². The third-order valence-electron chi connectivity index (χ3n) is 4.05. The summed E-state index contributed by atoms with van der Waals surface area (Å²) in [4.78, 5) is 20.9. The SMILES string of the molecule is C=C(CSC)NCCCCCC(=O)Nc1ccc(-c2ccccc2)cc1.CC=O. The van der Waals surface area contributed by atoms with Crippen LogP contribution in [0.15, 0.2) is 66.9 Å². The van der Waals surface area contributed by atoms with E-state index in [0.29, 0.717) is 6.42 Å². The van der Waals surface area contributed by atoms with Gasteiger partial charge in [-0.05, 0) is 49.3 Å². The summed E-state index contributed by atoms with van der Waals surface area (Å²) in [6, 6.07) is 18.2. The summed E-state index contributed by atoms with van der Waals surface area (Å²) in [5, 5.41) is 6.29. The molecule has 0 radical (unpaired) electrons. The number of carbonyl (C=O) groups is 2. The Bertz CT molecular complexity index is 730. The van der Waals surface area contributed by atoms with Crippen LogP contribution in [0.4, 0.5) is 5.69 Å². The predicted octanol–water partition coefficient (Wildman–Crippen LogP) is 5.52. The average molecular weight is 413 g/mol. The van der Waals surface area contributed by atoms with Gasteiger partial charge in [-0.2, -0.15) is 11.8 Å². The lowest BCUT2D eigenvalue weighted by Gasteiger charge is -2.08. The second-order valence-electron chi connectivity index (χ2n) is 6.50. The summed E-state index contributed by atoms with van der Waals surface area (Å²) in [6.45, 7) is 6.34. The van der Waals surface area contributed by atoms with Gasteiger partial charge in [-0.15, -0.1) is 0 Å². The van der Waals surface area contributed by atoms with Gasteiger partial charge in [0.05, 0.1) is 0 Å². The van der Waals surface area contributed by atoms with Gasteiger partial charge >= 0.3 is 0 Å². The lowest BCUT2D eigenvalue weighted by atomic mass is 10.1. The van der Waals surface area contributed by atoms with Crippen LogP contribution in [-0.4, -0.2) is 30.7 Å². The Hall–Kier alpha value is -2.53. The highest BCUT2D eigenvalue weighted by Crippen LogP contribution is 2.21. The first-order valence-corrected chi connectivity index (χ1v) is 11.3. The maximum absolute atomic E-state index is 12.0. The van der Waals surface area contributed by atoms with E-state index in [0.717, 1.165) is 54.8 Å². The van der Waals surface area contributed by atoms with Gasteiger partial charge in [0, 0.05) is 30.1 Å². The van der Waals surface area contributed by atoms with Crippen LogP contribution >= 0.6 is 11.8 Å². The Morgan fingerprint density at radius 1 is 1.00 bits per heavy atom. The number of unbranched alkanes of at least 4 members (excludes halogenated alkanes) is 2. The zero-order valence-electron chi connectivity index (χ0n) is 17.4. The third kappa shape index (κ3) is 11.2. The van der Waals surface area contributed by atoms with Crippen LogP contribution in [-0.2, 0) is 9.59 Å². The van der Waals surface area contributed by atoms with Gasteiger partial charge in [0.15, 0.2) is 0 Å². The summed E-state index contributed by atoms with van der Waals surface area (Å²) >= 11 is 1.77. The fourth-order valence-corrected chi connectivity index (χ4v) is 3.13. The molecule has 0 saturated heterocycles. The van der Waals surface area contributed by atoms with Gasteiger partial charge < -0.3 is 15.4 Å². The minimum Gasteiger partial charge on any atom is -0.388 e.